The minimum absolute atomic E-state index is 0.240. The Bertz CT molecular complexity index is 594. The van der Waals surface area contributed by atoms with E-state index in [2.05, 4.69) is 45.9 Å². The normalized spacial score (nSPS) is 18.5. The van der Waals surface area contributed by atoms with Crippen molar-refractivity contribution in [1.82, 2.24) is 15.6 Å². The van der Waals surface area contributed by atoms with Crippen molar-refractivity contribution in [2.24, 2.45) is 5.10 Å². The molecule has 1 aliphatic heterocycles. The largest absolute Gasteiger partial charge is 0.303 e. The van der Waals surface area contributed by atoms with Gasteiger partial charge in [-0.05, 0) is 25.1 Å². The first kappa shape index (κ1) is 10.1. The summed E-state index contributed by atoms with van der Waals surface area (Å²) in [6, 6.07) is 6.54. The fourth-order valence-electron chi connectivity index (χ4n) is 2.07. The minimum Gasteiger partial charge on any atom is -0.303 e. The first-order valence-electron chi connectivity index (χ1n) is 5.72. The van der Waals surface area contributed by atoms with E-state index in [1.165, 1.54) is 10.9 Å². The molecule has 2 heterocycles. The zero-order valence-electron chi connectivity index (χ0n) is 9.64. The third kappa shape index (κ3) is 1.93. The predicted octanol–water partition coefficient (Wildman–Crippen LogP) is 1.93. The fraction of sp³-hybridized carbons (Fsp3) is 0.231. The van der Waals surface area contributed by atoms with E-state index in [4.69, 9.17) is 0 Å². The molecule has 0 saturated heterocycles. The number of aromatic amines is 1. The van der Waals surface area contributed by atoms with Crippen LogP contribution in [0.4, 0.5) is 0 Å². The molecule has 1 aromatic heterocycles. The number of benzene rings is 1. The second-order valence-corrected chi connectivity index (χ2v) is 4.33. The van der Waals surface area contributed by atoms with Crippen LogP contribution in [0, 0.1) is 6.92 Å². The molecule has 3 rings (SSSR count). The summed E-state index contributed by atoms with van der Waals surface area (Å²) >= 11 is 0. The van der Waals surface area contributed by atoms with Crippen LogP contribution in [-0.4, -0.2) is 22.5 Å². The van der Waals surface area contributed by atoms with E-state index < -0.39 is 0 Å². The van der Waals surface area contributed by atoms with Crippen molar-refractivity contribution in [3.8, 4) is 0 Å². The summed E-state index contributed by atoms with van der Waals surface area (Å²) < 4.78 is 0. The van der Waals surface area contributed by atoms with Gasteiger partial charge in [-0.15, -0.1) is 0 Å². The maximum Gasteiger partial charge on any atom is 0.0923 e. The molecular formula is C13H14N4. The number of hydrogen-bond donors (Lipinski definition) is 2. The van der Waals surface area contributed by atoms with Crippen molar-refractivity contribution >= 4 is 17.1 Å². The summed E-state index contributed by atoms with van der Waals surface area (Å²) in [6.45, 7) is 2.10. The Morgan fingerprint density at radius 3 is 3.12 bits per heavy atom. The van der Waals surface area contributed by atoms with Crippen molar-refractivity contribution in [3.63, 3.8) is 0 Å². The molecule has 1 aromatic carbocycles. The molecule has 1 aliphatic rings. The molecule has 0 spiro atoms. The highest BCUT2D eigenvalue weighted by molar-refractivity contribution is 5.82. The van der Waals surface area contributed by atoms with Crippen molar-refractivity contribution in [2.75, 3.05) is 0 Å². The molecule has 2 N–H and O–H groups in total. The predicted molar refractivity (Wildman–Crippen MR) is 69.1 cm³/mol. The average molecular weight is 226 g/mol. The quantitative estimate of drug-likeness (QED) is 0.822. The Kier molecular flexibility index (Phi) is 2.40. The molecule has 0 bridgehead atoms. The fourth-order valence-corrected chi connectivity index (χ4v) is 2.07. The molecule has 4 nitrogen and oxygen atoms in total. The summed E-state index contributed by atoms with van der Waals surface area (Å²) in [5.74, 6) is 0. The smallest absolute Gasteiger partial charge is 0.0923 e. The number of hydrazone groups is 1. The first-order chi connectivity index (χ1) is 8.33. The van der Waals surface area contributed by atoms with E-state index in [9.17, 15) is 0 Å². The maximum absolute atomic E-state index is 4.31. The lowest BCUT2D eigenvalue weighted by molar-refractivity contribution is 0.610. The summed E-state index contributed by atoms with van der Waals surface area (Å²) in [5, 5.41) is 12.7. The number of aryl methyl sites for hydroxylation is 1. The van der Waals surface area contributed by atoms with Crippen molar-refractivity contribution in [3.05, 3.63) is 41.6 Å². The van der Waals surface area contributed by atoms with Gasteiger partial charge in [0.2, 0.25) is 0 Å². The van der Waals surface area contributed by atoms with E-state index >= 15 is 0 Å². The number of fused-ring (bicyclic) bond motifs is 1. The molecule has 2 aromatic rings. The molecule has 0 saturated carbocycles. The Morgan fingerprint density at radius 2 is 2.29 bits per heavy atom. The third-order valence-electron chi connectivity index (χ3n) is 2.96. The van der Waals surface area contributed by atoms with E-state index in [1.54, 1.807) is 6.21 Å². The number of nitrogens with zero attached hydrogens (tertiary/aromatic N) is 2. The highest BCUT2D eigenvalue weighted by Gasteiger charge is 2.11. The molecule has 0 radical (unpaired) electrons. The van der Waals surface area contributed by atoms with Gasteiger partial charge in [0.1, 0.15) is 0 Å². The van der Waals surface area contributed by atoms with Gasteiger partial charge in [0.15, 0.2) is 0 Å². The summed E-state index contributed by atoms with van der Waals surface area (Å²) in [6.07, 6.45) is 6.69. The second kappa shape index (κ2) is 4.05. The van der Waals surface area contributed by atoms with Crippen LogP contribution < -0.4 is 5.43 Å². The number of nitrogens with one attached hydrogen (secondary N) is 2. The van der Waals surface area contributed by atoms with Crippen LogP contribution in [0.25, 0.3) is 10.9 Å². The number of rotatable bonds is 2. The Balaban J connectivity index is 1.92. The summed E-state index contributed by atoms with van der Waals surface area (Å²) in [7, 11) is 0. The Hall–Kier alpha value is -2.10. The highest BCUT2D eigenvalue weighted by Crippen LogP contribution is 2.19. The Labute approximate surface area is 99.4 Å². The lowest BCUT2D eigenvalue weighted by Gasteiger charge is -2.13. The van der Waals surface area contributed by atoms with E-state index in [0.29, 0.717) is 0 Å². The molecule has 0 fully saturated rings. The molecule has 1 atom stereocenters. The van der Waals surface area contributed by atoms with Crippen LogP contribution in [0.3, 0.4) is 0 Å². The van der Waals surface area contributed by atoms with Gasteiger partial charge in [0.05, 0.1) is 11.6 Å². The average Bonchev–Trinajstić information content (AvgIpc) is 2.73. The number of allylic oxidation sites excluding steroid dienone is 1. The third-order valence-corrected chi connectivity index (χ3v) is 2.96. The van der Waals surface area contributed by atoms with Gasteiger partial charge in [0.25, 0.3) is 0 Å². The SMILES string of the molecule is Cc1ccc2n[nH]c(CC3C=CC=NN3)c2c1. The zero-order valence-corrected chi connectivity index (χ0v) is 9.64. The number of aromatic nitrogens is 2. The van der Waals surface area contributed by atoms with Crippen LogP contribution in [0.1, 0.15) is 11.3 Å². The molecule has 17 heavy (non-hydrogen) atoms. The van der Waals surface area contributed by atoms with Crippen LogP contribution in [0.5, 0.6) is 0 Å². The van der Waals surface area contributed by atoms with Gasteiger partial charge in [-0.3, -0.25) is 5.10 Å². The molecule has 86 valence electrons. The molecule has 0 amide bonds. The van der Waals surface area contributed by atoms with Gasteiger partial charge < -0.3 is 5.43 Å². The standard InChI is InChI=1S/C13H14N4/c1-9-4-5-12-11(7-9)13(17-16-12)8-10-3-2-6-14-15-10/h2-7,10,15H,8H2,1H3,(H,16,17). The van der Waals surface area contributed by atoms with Gasteiger partial charge in [0, 0.05) is 23.7 Å². The van der Waals surface area contributed by atoms with Crippen molar-refractivity contribution < 1.29 is 0 Å². The lowest BCUT2D eigenvalue weighted by Crippen LogP contribution is -2.26. The van der Waals surface area contributed by atoms with Crippen LogP contribution in [0.2, 0.25) is 0 Å². The van der Waals surface area contributed by atoms with Crippen LogP contribution in [0.15, 0.2) is 35.5 Å². The van der Waals surface area contributed by atoms with E-state index in [-0.39, 0.29) is 6.04 Å². The van der Waals surface area contributed by atoms with Gasteiger partial charge >= 0.3 is 0 Å². The maximum atomic E-state index is 4.31. The number of hydrogen-bond acceptors (Lipinski definition) is 3. The first-order valence-corrected chi connectivity index (χ1v) is 5.72. The molecular weight excluding hydrogens is 212 g/mol. The summed E-state index contributed by atoms with van der Waals surface area (Å²) in [5.41, 5.74) is 6.50. The molecule has 1 unspecified atom stereocenters. The zero-order chi connectivity index (χ0) is 11.7. The minimum atomic E-state index is 0.240. The van der Waals surface area contributed by atoms with Crippen molar-refractivity contribution in [2.45, 2.75) is 19.4 Å². The van der Waals surface area contributed by atoms with E-state index in [1.807, 2.05) is 12.1 Å². The lowest BCUT2D eigenvalue weighted by atomic mass is 10.1. The van der Waals surface area contributed by atoms with Crippen LogP contribution in [-0.2, 0) is 6.42 Å². The second-order valence-electron chi connectivity index (χ2n) is 4.33. The molecule has 4 heteroatoms. The molecule has 0 aliphatic carbocycles. The van der Waals surface area contributed by atoms with Crippen LogP contribution >= 0.6 is 0 Å². The van der Waals surface area contributed by atoms with Gasteiger partial charge in [-0.1, -0.05) is 17.7 Å². The number of H-pyrrole nitrogens is 1. The monoisotopic (exact) mass is 226 g/mol. The Morgan fingerprint density at radius 1 is 1.35 bits per heavy atom. The topological polar surface area (TPSA) is 53.1 Å². The van der Waals surface area contributed by atoms with E-state index in [0.717, 1.165) is 17.6 Å². The van der Waals surface area contributed by atoms with Gasteiger partial charge in [-0.25, -0.2) is 0 Å². The highest BCUT2D eigenvalue weighted by atomic mass is 15.3. The van der Waals surface area contributed by atoms with Crippen molar-refractivity contribution in [1.29, 1.82) is 0 Å². The summed E-state index contributed by atoms with van der Waals surface area (Å²) in [4.78, 5) is 0. The van der Waals surface area contributed by atoms with Gasteiger partial charge in [-0.2, -0.15) is 10.2 Å².